The van der Waals surface area contributed by atoms with E-state index in [2.05, 4.69) is 131 Å². The van der Waals surface area contributed by atoms with Crippen LogP contribution in [-0.4, -0.2) is 0 Å². The molecule has 0 saturated heterocycles. The molecule has 0 aromatic heterocycles. The van der Waals surface area contributed by atoms with Crippen LogP contribution in [0.3, 0.4) is 0 Å². The lowest BCUT2D eigenvalue weighted by molar-refractivity contribution is 0.607. The first-order chi connectivity index (χ1) is 15.3. The molecule has 0 heterocycles. The van der Waals surface area contributed by atoms with Gasteiger partial charge in [-0.15, -0.1) is 0 Å². The van der Waals surface area contributed by atoms with Crippen molar-refractivity contribution >= 4 is 26.7 Å². The Balaban J connectivity index is 1.73. The van der Waals surface area contributed by atoms with E-state index in [-0.39, 0.29) is 0 Å². The third-order valence-electron chi connectivity index (χ3n) is 6.56. The van der Waals surface area contributed by atoms with Crippen LogP contribution < -0.4 is 0 Å². The van der Waals surface area contributed by atoms with Gasteiger partial charge in [0.25, 0.3) is 0 Å². The summed E-state index contributed by atoms with van der Waals surface area (Å²) in [5.41, 5.74) is 8.29. The maximum atomic E-state index is 4.03. The van der Waals surface area contributed by atoms with Gasteiger partial charge >= 0.3 is 0 Å². The zero-order valence-corrected chi connectivity index (χ0v) is 18.6. The molecule has 148 valence electrons. The van der Waals surface area contributed by atoms with E-state index in [9.17, 15) is 0 Å². The zero-order chi connectivity index (χ0) is 20.8. The SMILES string of the molecule is Brc1c2c(c(-c3ccccc3)c3ccccc13)[C@@H](c1ccccc1)[C@@H]2c1ccccc1. The van der Waals surface area contributed by atoms with Crippen molar-refractivity contribution in [2.24, 2.45) is 0 Å². The van der Waals surface area contributed by atoms with Crippen LogP contribution in [0.2, 0.25) is 0 Å². The summed E-state index contributed by atoms with van der Waals surface area (Å²) < 4.78 is 1.24. The summed E-state index contributed by atoms with van der Waals surface area (Å²) in [4.78, 5) is 0. The fourth-order valence-corrected chi connectivity index (χ4v) is 6.06. The van der Waals surface area contributed by atoms with Crippen molar-refractivity contribution in [2.75, 3.05) is 0 Å². The Morgan fingerprint density at radius 3 is 1.48 bits per heavy atom. The van der Waals surface area contributed by atoms with Crippen molar-refractivity contribution in [1.82, 2.24) is 0 Å². The number of halogens is 1. The molecule has 0 amide bonds. The minimum Gasteiger partial charge on any atom is -0.0622 e. The average molecular weight is 461 g/mol. The number of hydrogen-bond donors (Lipinski definition) is 0. The minimum absolute atomic E-state index is 0.328. The monoisotopic (exact) mass is 460 g/mol. The standard InChI is InChI=1S/C30H21Br/c31-30-24-19-11-10-18-23(24)25(20-12-4-1-5-13-20)28-26(21-14-6-2-7-15-21)27(29(28)30)22-16-8-3-9-17-22/h1-19,26-27H/t26-,27-/m0/s1. The Morgan fingerprint density at radius 2 is 0.903 bits per heavy atom. The highest BCUT2D eigenvalue weighted by molar-refractivity contribution is 9.10. The first kappa shape index (κ1) is 18.6. The molecule has 5 aromatic carbocycles. The van der Waals surface area contributed by atoms with Gasteiger partial charge in [0.05, 0.1) is 0 Å². The van der Waals surface area contributed by atoms with Gasteiger partial charge < -0.3 is 0 Å². The van der Waals surface area contributed by atoms with Gasteiger partial charge in [-0.05, 0) is 60.1 Å². The topological polar surface area (TPSA) is 0 Å². The molecule has 31 heavy (non-hydrogen) atoms. The Labute approximate surface area is 191 Å². The molecular weight excluding hydrogens is 440 g/mol. The lowest BCUT2D eigenvalue weighted by Gasteiger charge is -2.44. The average Bonchev–Trinajstić information content (AvgIpc) is 2.83. The maximum Gasteiger partial charge on any atom is 0.0295 e. The van der Waals surface area contributed by atoms with Gasteiger partial charge in [-0.2, -0.15) is 0 Å². The lowest BCUT2D eigenvalue weighted by atomic mass is 9.60. The largest absolute Gasteiger partial charge is 0.0622 e. The van der Waals surface area contributed by atoms with Gasteiger partial charge in [-0.1, -0.05) is 115 Å². The van der Waals surface area contributed by atoms with Crippen LogP contribution in [0, 0.1) is 0 Å². The summed E-state index contributed by atoms with van der Waals surface area (Å²) in [6, 6.07) is 41.6. The van der Waals surface area contributed by atoms with Crippen molar-refractivity contribution in [2.45, 2.75) is 11.8 Å². The molecule has 1 heteroatoms. The Bertz CT molecular complexity index is 1370. The van der Waals surface area contributed by atoms with Gasteiger partial charge in [-0.25, -0.2) is 0 Å². The number of benzene rings is 5. The van der Waals surface area contributed by atoms with Crippen LogP contribution in [0.1, 0.15) is 34.1 Å². The quantitative estimate of drug-likeness (QED) is 0.253. The van der Waals surface area contributed by atoms with Crippen LogP contribution in [0.25, 0.3) is 21.9 Å². The van der Waals surface area contributed by atoms with E-state index in [0.717, 1.165) is 0 Å². The first-order valence-electron chi connectivity index (χ1n) is 10.7. The molecule has 0 nitrogen and oxygen atoms in total. The smallest absolute Gasteiger partial charge is 0.0295 e. The predicted octanol–water partition coefficient (Wildman–Crippen LogP) is 8.55. The van der Waals surface area contributed by atoms with Crippen molar-refractivity contribution in [1.29, 1.82) is 0 Å². The molecule has 0 spiro atoms. The number of hydrogen-bond acceptors (Lipinski definition) is 0. The van der Waals surface area contributed by atoms with Crippen molar-refractivity contribution in [3.63, 3.8) is 0 Å². The van der Waals surface area contributed by atoms with Gasteiger partial charge in [0.15, 0.2) is 0 Å². The Hall–Kier alpha value is -3.16. The van der Waals surface area contributed by atoms with E-state index in [1.165, 1.54) is 48.6 Å². The van der Waals surface area contributed by atoms with Crippen LogP contribution >= 0.6 is 15.9 Å². The highest BCUT2D eigenvalue weighted by Crippen LogP contribution is 2.61. The summed E-state index contributed by atoms with van der Waals surface area (Å²) in [5, 5.41) is 2.60. The van der Waals surface area contributed by atoms with Crippen LogP contribution in [0.4, 0.5) is 0 Å². The Kier molecular flexibility index (Phi) is 4.51. The molecule has 0 fully saturated rings. The summed E-state index contributed by atoms with van der Waals surface area (Å²) in [5.74, 6) is 0.662. The molecule has 0 saturated carbocycles. The molecule has 1 aliphatic carbocycles. The van der Waals surface area contributed by atoms with Crippen LogP contribution in [0.5, 0.6) is 0 Å². The normalized spacial score (nSPS) is 17.2. The first-order valence-corrected chi connectivity index (χ1v) is 11.5. The maximum absolute atomic E-state index is 4.03. The van der Waals surface area contributed by atoms with E-state index in [1.807, 2.05) is 0 Å². The highest BCUT2D eigenvalue weighted by atomic mass is 79.9. The summed E-state index contributed by atoms with van der Waals surface area (Å²) in [7, 11) is 0. The molecule has 0 radical (unpaired) electrons. The zero-order valence-electron chi connectivity index (χ0n) is 17.0. The molecule has 5 aromatic rings. The molecule has 2 atom stereocenters. The Morgan fingerprint density at radius 1 is 0.452 bits per heavy atom. The molecule has 0 N–H and O–H groups in total. The van der Waals surface area contributed by atoms with E-state index < -0.39 is 0 Å². The summed E-state index contributed by atoms with van der Waals surface area (Å²) >= 11 is 4.03. The molecular formula is C30H21Br. The summed E-state index contributed by atoms with van der Waals surface area (Å²) in [6.45, 7) is 0. The molecule has 0 bridgehead atoms. The van der Waals surface area contributed by atoms with E-state index >= 15 is 0 Å². The summed E-state index contributed by atoms with van der Waals surface area (Å²) in [6.07, 6.45) is 0. The highest BCUT2D eigenvalue weighted by Gasteiger charge is 2.44. The predicted molar refractivity (Wildman–Crippen MR) is 134 cm³/mol. The van der Waals surface area contributed by atoms with Crippen molar-refractivity contribution < 1.29 is 0 Å². The van der Waals surface area contributed by atoms with E-state index in [0.29, 0.717) is 11.8 Å². The van der Waals surface area contributed by atoms with E-state index in [1.54, 1.807) is 0 Å². The fourth-order valence-electron chi connectivity index (χ4n) is 5.25. The third-order valence-corrected chi connectivity index (χ3v) is 7.42. The molecule has 0 aliphatic heterocycles. The van der Waals surface area contributed by atoms with E-state index in [4.69, 9.17) is 0 Å². The lowest BCUT2D eigenvalue weighted by Crippen LogP contribution is -2.28. The van der Waals surface area contributed by atoms with Gasteiger partial charge in [0.2, 0.25) is 0 Å². The molecule has 6 rings (SSSR count). The van der Waals surface area contributed by atoms with Crippen molar-refractivity contribution in [3.05, 3.63) is 142 Å². The van der Waals surface area contributed by atoms with Crippen molar-refractivity contribution in [3.8, 4) is 11.1 Å². The second-order valence-corrected chi connectivity index (χ2v) is 9.00. The van der Waals surface area contributed by atoms with Crippen LogP contribution in [-0.2, 0) is 0 Å². The second-order valence-electron chi connectivity index (χ2n) is 8.20. The number of fused-ring (bicyclic) bond motifs is 2. The van der Waals surface area contributed by atoms with Gasteiger partial charge in [-0.3, -0.25) is 0 Å². The fraction of sp³-hybridized carbons (Fsp3) is 0.0667. The third kappa shape index (κ3) is 2.88. The second kappa shape index (κ2) is 7.51. The molecule has 1 aliphatic rings. The van der Waals surface area contributed by atoms with Gasteiger partial charge in [0, 0.05) is 16.3 Å². The van der Waals surface area contributed by atoms with Crippen LogP contribution in [0.15, 0.2) is 120 Å². The minimum atomic E-state index is 0.328. The number of rotatable bonds is 3. The molecule has 0 unspecified atom stereocenters. The van der Waals surface area contributed by atoms with Gasteiger partial charge in [0.1, 0.15) is 0 Å².